The average Bonchev–Trinajstić information content (AvgIpc) is 2.97. The molecule has 2 aliphatic heterocycles. The lowest BCUT2D eigenvalue weighted by atomic mass is 10.2. The summed E-state index contributed by atoms with van der Waals surface area (Å²) < 4.78 is 0. The van der Waals surface area contributed by atoms with Crippen molar-refractivity contribution < 1.29 is 0 Å². The van der Waals surface area contributed by atoms with Crippen LogP contribution in [0, 0.1) is 0 Å². The highest BCUT2D eigenvalue weighted by molar-refractivity contribution is 7.98. The van der Waals surface area contributed by atoms with E-state index in [1.54, 1.807) is 0 Å². The molecule has 2 saturated heterocycles. The second-order valence-corrected chi connectivity index (χ2v) is 6.69. The van der Waals surface area contributed by atoms with Gasteiger partial charge in [0.25, 0.3) is 0 Å². The Balaban J connectivity index is 1.51. The Morgan fingerprint density at radius 3 is 2.60 bits per heavy atom. The van der Waals surface area contributed by atoms with Crippen LogP contribution in [0.1, 0.15) is 12.0 Å². The lowest BCUT2D eigenvalue weighted by Gasteiger charge is -2.32. The van der Waals surface area contributed by atoms with E-state index in [-0.39, 0.29) is 0 Å². The zero-order valence-electron chi connectivity index (χ0n) is 12.3. The second-order valence-electron chi connectivity index (χ2n) is 5.81. The largest absolute Gasteiger partial charge is 0.314 e. The van der Waals surface area contributed by atoms with Crippen LogP contribution < -0.4 is 5.32 Å². The summed E-state index contributed by atoms with van der Waals surface area (Å²) >= 11 is 1.81. The molecule has 0 radical (unpaired) electrons. The van der Waals surface area contributed by atoms with E-state index in [0.717, 1.165) is 25.7 Å². The molecule has 2 fully saturated rings. The summed E-state index contributed by atoms with van der Waals surface area (Å²) in [6.07, 6.45) is 3.47. The first-order valence-electron chi connectivity index (χ1n) is 7.65. The molecule has 20 heavy (non-hydrogen) atoms. The zero-order chi connectivity index (χ0) is 13.8. The summed E-state index contributed by atoms with van der Waals surface area (Å²) in [7, 11) is 0. The fourth-order valence-corrected chi connectivity index (χ4v) is 3.70. The van der Waals surface area contributed by atoms with E-state index < -0.39 is 0 Å². The number of hydrogen-bond acceptors (Lipinski definition) is 4. The molecule has 1 N–H and O–H groups in total. The third-order valence-electron chi connectivity index (χ3n) is 4.48. The number of thioether (sulfide) groups is 1. The predicted octanol–water partition coefficient (Wildman–Crippen LogP) is 1.89. The van der Waals surface area contributed by atoms with Gasteiger partial charge in [0.05, 0.1) is 0 Å². The Labute approximate surface area is 126 Å². The number of hydrogen-bond donors (Lipinski definition) is 1. The van der Waals surface area contributed by atoms with Crippen molar-refractivity contribution in [1.29, 1.82) is 0 Å². The smallest absolute Gasteiger partial charge is 0.0236 e. The van der Waals surface area contributed by atoms with Crippen molar-refractivity contribution in [2.45, 2.75) is 23.9 Å². The number of nitrogens with one attached hydrogen (secondary N) is 1. The second kappa shape index (κ2) is 6.94. The van der Waals surface area contributed by atoms with Gasteiger partial charge in [-0.2, -0.15) is 0 Å². The van der Waals surface area contributed by atoms with Crippen molar-refractivity contribution in [2.24, 2.45) is 0 Å². The van der Waals surface area contributed by atoms with Gasteiger partial charge in [-0.1, -0.05) is 12.1 Å². The maximum Gasteiger partial charge on any atom is 0.0236 e. The van der Waals surface area contributed by atoms with Gasteiger partial charge < -0.3 is 5.32 Å². The van der Waals surface area contributed by atoms with Crippen LogP contribution >= 0.6 is 11.8 Å². The number of benzene rings is 1. The molecular formula is C16H25N3S. The fraction of sp³-hybridized carbons (Fsp3) is 0.625. The molecule has 1 unspecified atom stereocenters. The van der Waals surface area contributed by atoms with Crippen LogP contribution in [0.25, 0.3) is 0 Å². The monoisotopic (exact) mass is 291 g/mol. The van der Waals surface area contributed by atoms with E-state index in [9.17, 15) is 0 Å². The average molecular weight is 291 g/mol. The van der Waals surface area contributed by atoms with Gasteiger partial charge in [-0.15, -0.1) is 11.8 Å². The molecule has 2 heterocycles. The van der Waals surface area contributed by atoms with E-state index in [1.165, 1.54) is 43.1 Å². The standard InChI is InChI=1S/C16H25N3S/c1-20-16-4-2-14(3-5-16)12-18-9-6-15(13-18)19-10-7-17-8-11-19/h2-5,15,17H,6-13H2,1H3. The highest BCUT2D eigenvalue weighted by Crippen LogP contribution is 2.20. The lowest BCUT2D eigenvalue weighted by molar-refractivity contribution is 0.170. The summed E-state index contributed by atoms with van der Waals surface area (Å²) in [4.78, 5) is 6.64. The first kappa shape index (κ1) is 14.4. The predicted molar refractivity (Wildman–Crippen MR) is 86.3 cm³/mol. The van der Waals surface area contributed by atoms with E-state index >= 15 is 0 Å². The van der Waals surface area contributed by atoms with Gasteiger partial charge in [-0.05, 0) is 30.4 Å². The van der Waals surface area contributed by atoms with E-state index in [2.05, 4.69) is 45.6 Å². The molecular weight excluding hydrogens is 266 g/mol. The molecule has 1 atom stereocenters. The van der Waals surface area contributed by atoms with E-state index in [0.29, 0.717) is 0 Å². The van der Waals surface area contributed by atoms with Crippen molar-refractivity contribution in [1.82, 2.24) is 15.1 Å². The minimum absolute atomic E-state index is 0.780. The summed E-state index contributed by atoms with van der Waals surface area (Å²) in [5.41, 5.74) is 1.45. The lowest BCUT2D eigenvalue weighted by Crippen LogP contribution is -2.49. The first-order valence-corrected chi connectivity index (χ1v) is 8.87. The molecule has 0 bridgehead atoms. The van der Waals surface area contributed by atoms with Crippen LogP contribution in [0.5, 0.6) is 0 Å². The first-order chi connectivity index (χ1) is 9.85. The Kier molecular flexibility index (Phi) is 4.99. The van der Waals surface area contributed by atoms with Gasteiger partial charge in [0.1, 0.15) is 0 Å². The topological polar surface area (TPSA) is 18.5 Å². The Hall–Kier alpha value is -0.550. The summed E-state index contributed by atoms with van der Waals surface area (Å²) in [5, 5.41) is 3.44. The molecule has 4 heteroatoms. The molecule has 110 valence electrons. The van der Waals surface area contributed by atoms with E-state index in [1.807, 2.05) is 11.8 Å². The molecule has 0 saturated carbocycles. The van der Waals surface area contributed by atoms with Crippen LogP contribution in [0.3, 0.4) is 0 Å². The van der Waals surface area contributed by atoms with Crippen molar-refractivity contribution in [3.8, 4) is 0 Å². The van der Waals surface area contributed by atoms with Gasteiger partial charge in [-0.3, -0.25) is 9.80 Å². The van der Waals surface area contributed by atoms with Crippen molar-refractivity contribution in [2.75, 3.05) is 45.5 Å². The molecule has 2 aliphatic rings. The molecule has 1 aromatic rings. The highest BCUT2D eigenvalue weighted by atomic mass is 32.2. The Bertz CT molecular complexity index is 414. The maximum atomic E-state index is 3.44. The number of rotatable bonds is 4. The van der Waals surface area contributed by atoms with Crippen LogP contribution in [-0.2, 0) is 6.54 Å². The van der Waals surface area contributed by atoms with E-state index in [4.69, 9.17) is 0 Å². The zero-order valence-corrected chi connectivity index (χ0v) is 13.2. The van der Waals surface area contributed by atoms with Gasteiger partial charge >= 0.3 is 0 Å². The van der Waals surface area contributed by atoms with Gasteiger partial charge in [0.15, 0.2) is 0 Å². The minimum atomic E-state index is 0.780. The SMILES string of the molecule is CSc1ccc(CN2CCC(N3CCNCC3)C2)cc1. The quantitative estimate of drug-likeness (QED) is 0.854. The number of piperazine rings is 1. The highest BCUT2D eigenvalue weighted by Gasteiger charge is 2.28. The fourth-order valence-electron chi connectivity index (χ4n) is 3.29. The van der Waals surface area contributed by atoms with Crippen molar-refractivity contribution in [3.05, 3.63) is 29.8 Å². The summed E-state index contributed by atoms with van der Waals surface area (Å²) in [6.45, 7) is 8.36. The molecule has 0 aromatic heterocycles. The van der Waals surface area contributed by atoms with Crippen LogP contribution in [0.4, 0.5) is 0 Å². The summed E-state index contributed by atoms with van der Waals surface area (Å²) in [6, 6.07) is 9.82. The Morgan fingerprint density at radius 1 is 1.15 bits per heavy atom. The number of nitrogens with zero attached hydrogens (tertiary/aromatic N) is 2. The van der Waals surface area contributed by atoms with Crippen LogP contribution in [0.15, 0.2) is 29.2 Å². The van der Waals surface area contributed by atoms with Crippen LogP contribution in [-0.4, -0.2) is 61.4 Å². The van der Waals surface area contributed by atoms with Crippen molar-refractivity contribution >= 4 is 11.8 Å². The molecule has 0 amide bonds. The van der Waals surface area contributed by atoms with Crippen LogP contribution in [0.2, 0.25) is 0 Å². The Morgan fingerprint density at radius 2 is 1.90 bits per heavy atom. The van der Waals surface area contributed by atoms with Crippen molar-refractivity contribution in [3.63, 3.8) is 0 Å². The van der Waals surface area contributed by atoms with Gasteiger partial charge in [0, 0.05) is 56.8 Å². The maximum absolute atomic E-state index is 3.44. The molecule has 0 spiro atoms. The third kappa shape index (κ3) is 3.55. The molecule has 3 nitrogen and oxygen atoms in total. The molecule has 3 rings (SSSR count). The summed E-state index contributed by atoms with van der Waals surface area (Å²) in [5.74, 6) is 0. The minimum Gasteiger partial charge on any atom is -0.314 e. The number of likely N-dealkylation sites (tertiary alicyclic amines) is 1. The normalized spacial score (nSPS) is 25.1. The third-order valence-corrected chi connectivity index (χ3v) is 5.22. The van der Waals surface area contributed by atoms with Gasteiger partial charge in [0.2, 0.25) is 0 Å². The molecule has 1 aromatic carbocycles. The van der Waals surface area contributed by atoms with Gasteiger partial charge in [-0.25, -0.2) is 0 Å². The molecule has 0 aliphatic carbocycles.